The Morgan fingerprint density at radius 1 is 1.36 bits per heavy atom. The summed E-state index contributed by atoms with van der Waals surface area (Å²) in [5, 5.41) is 0. The summed E-state index contributed by atoms with van der Waals surface area (Å²) in [6, 6.07) is 0. The highest BCUT2D eigenvalue weighted by molar-refractivity contribution is 4.79. The van der Waals surface area contributed by atoms with Crippen LogP contribution in [0, 0.1) is 11.3 Å². The Bertz CT molecular complexity index is 127. The minimum atomic E-state index is 0.499. The van der Waals surface area contributed by atoms with Gasteiger partial charge < -0.3 is 4.74 Å². The molecule has 0 amide bonds. The first kappa shape index (κ1) is 9.05. The first-order valence-corrected chi connectivity index (χ1v) is 4.63. The molecule has 1 aliphatic heterocycles. The van der Waals surface area contributed by atoms with Gasteiger partial charge in [-0.15, -0.1) is 0 Å². The molecular weight excluding hydrogens is 136 g/mol. The fourth-order valence-corrected chi connectivity index (χ4v) is 1.62. The molecule has 0 radical (unpaired) electrons. The maximum absolute atomic E-state index is 5.67. The summed E-state index contributed by atoms with van der Waals surface area (Å²) in [5.41, 5.74) is 0.507. The average Bonchev–Trinajstić information content (AvgIpc) is 1.85. The Morgan fingerprint density at radius 3 is 2.36 bits per heavy atom. The van der Waals surface area contributed by atoms with E-state index in [1.807, 2.05) is 0 Å². The predicted octanol–water partition coefficient (Wildman–Crippen LogP) is 2.85. The van der Waals surface area contributed by atoms with E-state index in [9.17, 15) is 0 Å². The third-order valence-electron chi connectivity index (χ3n) is 2.61. The minimum Gasteiger partial charge on any atom is -0.378 e. The molecule has 0 spiro atoms. The van der Waals surface area contributed by atoms with Gasteiger partial charge in [0.1, 0.15) is 0 Å². The zero-order valence-electron chi connectivity index (χ0n) is 8.18. The van der Waals surface area contributed by atoms with Gasteiger partial charge in [-0.25, -0.2) is 0 Å². The van der Waals surface area contributed by atoms with Crippen molar-refractivity contribution in [2.75, 3.05) is 6.61 Å². The van der Waals surface area contributed by atoms with Crippen LogP contribution >= 0.6 is 0 Å². The van der Waals surface area contributed by atoms with Crippen LogP contribution in [0.1, 0.15) is 40.5 Å². The normalized spacial score (nSPS) is 30.8. The lowest BCUT2D eigenvalue weighted by Gasteiger charge is -2.37. The van der Waals surface area contributed by atoms with E-state index in [0.29, 0.717) is 17.4 Å². The van der Waals surface area contributed by atoms with E-state index in [-0.39, 0.29) is 0 Å². The third-order valence-corrected chi connectivity index (χ3v) is 2.61. The number of hydrogen-bond acceptors (Lipinski definition) is 1. The van der Waals surface area contributed by atoms with Crippen LogP contribution in [0.2, 0.25) is 0 Å². The molecule has 0 saturated carbocycles. The Hall–Kier alpha value is -0.0400. The Kier molecular flexibility index (Phi) is 2.58. The van der Waals surface area contributed by atoms with E-state index >= 15 is 0 Å². The van der Waals surface area contributed by atoms with Gasteiger partial charge >= 0.3 is 0 Å². The summed E-state index contributed by atoms with van der Waals surface area (Å²) in [6.45, 7) is 10.1. The van der Waals surface area contributed by atoms with Crippen LogP contribution < -0.4 is 0 Å². The van der Waals surface area contributed by atoms with Crippen molar-refractivity contribution in [3.05, 3.63) is 0 Å². The van der Waals surface area contributed by atoms with Crippen LogP contribution in [-0.2, 0) is 4.74 Å². The maximum Gasteiger partial charge on any atom is 0.0603 e. The first-order valence-electron chi connectivity index (χ1n) is 4.63. The fraction of sp³-hybridized carbons (Fsp3) is 1.00. The van der Waals surface area contributed by atoms with Crippen molar-refractivity contribution in [3.8, 4) is 0 Å². The van der Waals surface area contributed by atoms with E-state index in [1.165, 1.54) is 12.8 Å². The molecule has 1 rings (SSSR count). The summed E-state index contributed by atoms with van der Waals surface area (Å²) < 4.78 is 5.67. The van der Waals surface area contributed by atoms with Crippen LogP contribution in [0.3, 0.4) is 0 Å². The van der Waals surface area contributed by atoms with Gasteiger partial charge in [0.15, 0.2) is 0 Å². The molecule has 1 unspecified atom stereocenters. The van der Waals surface area contributed by atoms with Crippen LogP contribution in [-0.4, -0.2) is 12.7 Å². The average molecular weight is 156 g/mol. The monoisotopic (exact) mass is 156 g/mol. The lowest BCUT2D eigenvalue weighted by molar-refractivity contribution is -0.0579. The van der Waals surface area contributed by atoms with Gasteiger partial charge in [-0.05, 0) is 24.2 Å². The minimum absolute atomic E-state index is 0.499. The topological polar surface area (TPSA) is 9.23 Å². The van der Waals surface area contributed by atoms with Crippen LogP contribution in [0.15, 0.2) is 0 Å². The molecule has 0 aromatic carbocycles. The molecule has 66 valence electrons. The first-order chi connectivity index (χ1) is 5.01. The number of rotatable bonds is 1. The molecule has 1 heteroatoms. The van der Waals surface area contributed by atoms with E-state index in [4.69, 9.17) is 4.74 Å². The second kappa shape index (κ2) is 3.14. The Balaban J connectivity index is 2.46. The second-order valence-corrected chi connectivity index (χ2v) is 4.77. The summed E-state index contributed by atoms with van der Waals surface area (Å²) in [6.07, 6.45) is 2.94. The van der Waals surface area contributed by atoms with Gasteiger partial charge in [-0.1, -0.05) is 27.7 Å². The molecule has 0 aliphatic carbocycles. The van der Waals surface area contributed by atoms with Crippen LogP contribution in [0.25, 0.3) is 0 Å². The largest absolute Gasteiger partial charge is 0.378 e. The van der Waals surface area contributed by atoms with Gasteiger partial charge in [-0.2, -0.15) is 0 Å². The molecule has 1 heterocycles. The molecule has 0 aromatic rings. The zero-order valence-corrected chi connectivity index (χ0v) is 8.18. The summed E-state index contributed by atoms with van der Waals surface area (Å²) in [4.78, 5) is 0. The standard InChI is InChI=1S/C10H20O/c1-8(2)9-7-10(3,4)5-6-11-9/h8-9H,5-7H2,1-4H3. The third kappa shape index (κ3) is 2.48. The van der Waals surface area contributed by atoms with Crippen LogP contribution in [0.5, 0.6) is 0 Å². The van der Waals surface area contributed by atoms with E-state index in [2.05, 4.69) is 27.7 Å². The highest BCUT2D eigenvalue weighted by Gasteiger charge is 2.29. The lowest BCUT2D eigenvalue weighted by Crippen LogP contribution is -2.34. The molecular formula is C10H20O. The SMILES string of the molecule is CC(C)C1CC(C)(C)CCO1. The van der Waals surface area contributed by atoms with Gasteiger partial charge in [-0.3, -0.25) is 0 Å². The Morgan fingerprint density at radius 2 is 2.00 bits per heavy atom. The van der Waals surface area contributed by atoms with Crippen molar-refractivity contribution in [2.45, 2.75) is 46.6 Å². The van der Waals surface area contributed by atoms with Crippen molar-refractivity contribution in [1.82, 2.24) is 0 Å². The second-order valence-electron chi connectivity index (χ2n) is 4.77. The van der Waals surface area contributed by atoms with Gasteiger partial charge in [0, 0.05) is 6.61 Å². The van der Waals surface area contributed by atoms with Gasteiger partial charge in [0.25, 0.3) is 0 Å². The molecule has 11 heavy (non-hydrogen) atoms. The zero-order chi connectivity index (χ0) is 8.48. The quantitative estimate of drug-likeness (QED) is 0.567. The summed E-state index contributed by atoms with van der Waals surface area (Å²) in [7, 11) is 0. The van der Waals surface area contributed by atoms with Gasteiger partial charge in [0.2, 0.25) is 0 Å². The number of hydrogen-bond donors (Lipinski definition) is 0. The summed E-state index contributed by atoms with van der Waals surface area (Å²) in [5.74, 6) is 0.676. The highest BCUT2D eigenvalue weighted by atomic mass is 16.5. The van der Waals surface area contributed by atoms with Crippen molar-refractivity contribution in [1.29, 1.82) is 0 Å². The molecule has 0 aromatic heterocycles. The molecule has 1 aliphatic rings. The van der Waals surface area contributed by atoms with Crippen molar-refractivity contribution in [2.24, 2.45) is 11.3 Å². The van der Waals surface area contributed by atoms with E-state index in [0.717, 1.165) is 6.61 Å². The molecule has 0 bridgehead atoms. The molecule has 1 nitrogen and oxygen atoms in total. The predicted molar refractivity (Wildman–Crippen MR) is 47.6 cm³/mol. The van der Waals surface area contributed by atoms with Crippen molar-refractivity contribution >= 4 is 0 Å². The van der Waals surface area contributed by atoms with E-state index < -0.39 is 0 Å². The molecule has 1 atom stereocenters. The van der Waals surface area contributed by atoms with Gasteiger partial charge in [0.05, 0.1) is 6.10 Å². The number of ether oxygens (including phenoxy) is 1. The van der Waals surface area contributed by atoms with Crippen molar-refractivity contribution in [3.63, 3.8) is 0 Å². The van der Waals surface area contributed by atoms with E-state index in [1.54, 1.807) is 0 Å². The lowest BCUT2D eigenvalue weighted by atomic mass is 9.79. The van der Waals surface area contributed by atoms with Crippen LogP contribution in [0.4, 0.5) is 0 Å². The molecule has 1 fully saturated rings. The highest BCUT2D eigenvalue weighted by Crippen LogP contribution is 2.34. The molecule has 0 N–H and O–H groups in total. The smallest absolute Gasteiger partial charge is 0.0603 e. The Labute approximate surface area is 70.1 Å². The van der Waals surface area contributed by atoms with Crippen molar-refractivity contribution < 1.29 is 4.74 Å². The molecule has 1 saturated heterocycles. The summed E-state index contributed by atoms with van der Waals surface area (Å²) >= 11 is 0. The fourth-order valence-electron chi connectivity index (χ4n) is 1.62. The maximum atomic E-state index is 5.67.